The highest BCUT2D eigenvalue weighted by molar-refractivity contribution is 9.11. The van der Waals surface area contributed by atoms with Gasteiger partial charge in [-0.2, -0.15) is 0 Å². The Kier molecular flexibility index (Phi) is 5.92. The summed E-state index contributed by atoms with van der Waals surface area (Å²) >= 11 is 11.1. The maximum absolute atomic E-state index is 5.77. The van der Waals surface area contributed by atoms with Crippen LogP contribution in [0.1, 0.15) is 35.4 Å². The maximum Gasteiger partial charge on any atom is 0.120 e. The summed E-state index contributed by atoms with van der Waals surface area (Å²) in [5.74, 6) is 0.897. The van der Waals surface area contributed by atoms with Gasteiger partial charge in [-0.15, -0.1) is 0 Å². The first-order valence-corrected chi connectivity index (χ1v) is 9.25. The molecule has 2 aromatic carbocycles. The van der Waals surface area contributed by atoms with Gasteiger partial charge in [-0.25, -0.2) is 0 Å². The molecular weight excluding hydrogens is 460 g/mol. The standard InChI is InChI=1S/C17H17Br3O/c1-10(2)21-13-6-4-5-12(8-13)17(20)14-9-15(18)11(3)7-16(14)19/h4-10,17H,1-3H3. The van der Waals surface area contributed by atoms with Crippen molar-refractivity contribution in [3.05, 3.63) is 62.0 Å². The fourth-order valence-electron chi connectivity index (χ4n) is 2.05. The van der Waals surface area contributed by atoms with Gasteiger partial charge in [0, 0.05) is 8.95 Å². The predicted molar refractivity (Wildman–Crippen MR) is 99.6 cm³/mol. The molecule has 0 heterocycles. The highest BCUT2D eigenvalue weighted by Crippen LogP contribution is 2.38. The highest BCUT2D eigenvalue weighted by atomic mass is 79.9. The first-order valence-electron chi connectivity index (χ1n) is 6.74. The summed E-state index contributed by atoms with van der Waals surface area (Å²) in [4.78, 5) is 0.111. The SMILES string of the molecule is Cc1cc(Br)c(C(Br)c2cccc(OC(C)C)c2)cc1Br. The van der Waals surface area contributed by atoms with Crippen molar-refractivity contribution in [3.63, 3.8) is 0 Å². The van der Waals surface area contributed by atoms with E-state index < -0.39 is 0 Å². The molecule has 0 fully saturated rings. The zero-order valence-electron chi connectivity index (χ0n) is 12.2. The molecule has 4 heteroatoms. The van der Waals surface area contributed by atoms with Crippen LogP contribution in [0.25, 0.3) is 0 Å². The Morgan fingerprint density at radius 2 is 1.71 bits per heavy atom. The lowest BCUT2D eigenvalue weighted by molar-refractivity contribution is 0.242. The zero-order chi connectivity index (χ0) is 15.6. The van der Waals surface area contributed by atoms with Gasteiger partial charge in [-0.1, -0.05) is 59.9 Å². The van der Waals surface area contributed by atoms with E-state index in [0.29, 0.717) is 0 Å². The third kappa shape index (κ3) is 4.33. The fourth-order valence-corrected chi connectivity index (χ4v) is 4.07. The average molecular weight is 477 g/mol. The van der Waals surface area contributed by atoms with Crippen LogP contribution in [-0.2, 0) is 0 Å². The number of alkyl halides is 1. The summed E-state index contributed by atoms with van der Waals surface area (Å²) in [5.41, 5.74) is 3.57. The summed E-state index contributed by atoms with van der Waals surface area (Å²) in [5, 5.41) is 0. The van der Waals surface area contributed by atoms with E-state index in [-0.39, 0.29) is 10.9 Å². The van der Waals surface area contributed by atoms with Crippen LogP contribution in [0.2, 0.25) is 0 Å². The summed E-state index contributed by atoms with van der Waals surface area (Å²) in [6.07, 6.45) is 0.175. The van der Waals surface area contributed by atoms with Crippen LogP contribution < -0.4 is 4.74 Å². The Balaban J connectivity index is 2.36. The van der Waals surface area contributed by atoms with Crippen molar-refractivity contribution < 1.29 is 4.74 Å². The van der Waals surface area contributed by atoms with Crippen molar-refractivity contribution in [1.82, 2.24) is 0 Å². The van der Waals surface area contributed by atoms with Gasteiger partial charge < -0.3 is 4.74 Å². The number of ether oxygens (including phenoxy) is 1. The molecule has 1 atom stereocenters. The molecule has 112 valence electrons. The van der Waals surface area contributed by atoms with Gasteiger partial charge in [-0.05, 0) is 61.7 Å². The van der Waals surface area contributed by atoms with Crippen LogP contribution in [0.15, 0.2) is 45.3 Å². The van der Waals surface area contributed by atoms with E-state index >= 15 is 0 Å². The largest absolute Gasteiger partial charge is 0.491 e. The number of rotatable bonds is 4. The fraction of sp³-hybridized carbons (Fsp3) is 0.294. The second kappa shape index (κ2) is 7.30. The minimum absolute atomic E-state index is 0.111. The third-order valence-corrected chi connectivity index (χ3v) is 5.64. The molecule has 0 radical (unpaired) electrons. The molecule has 0 saturated heterocycles. The molecule has 0 aliphatic heterocycles. The minimum atomic E-state index is 0.111. The zero-order valence-corrected chi connectivity index (χ0v) is 16.9. The first kappa shape index (κ1) is 17.0. The number of hydrogen-bond acceptors (Lipinski definition) is 1. The van der Waals surface area contributed by atoms with Crippen LogP contribution in [0.4, 0.5) is 0 Å². The van der Waals surface area contributed by atoms with Crippen LogP contribution in [0.5, 0.6) is 5.75 Å². The lowest BCUT2D eigenvalue weighted by Gasteiger charge is -2.16. The molecule has 1 nitrogen and oxygen atoms in total. The second-order valence-electron chi connectivity index (χ2n) is 5.22. The molecule has 2 rings (SSSR count). The van der Waals surface area contributed by atoms with Gasteiger partial charge >= 0.3 is 0 Å². The van der Waals surface area contributed by atoms with Crippen LogP contribution >= 0.6 is 47.8 Å². The van der Waals surface area contributed by atoms with E-state index in [1.165, 1.54) is 16.7 Å². The highest BCUT2D eigenvalue weighted by Gasteiger charge is 2.16. The molecule has 0 aromatic heterocycles. The van der Waals surface area contributed by atoms with Crippen molar-refractivity contribution in [2.45, 2.75) is 31.7 Å². The lowest BCUT2D eigenvalue weighted by Crippen LogP contribution is -2.06. The van der Waals surface area contributed by atoms with E-state index in [4.69, 9.17) is 4.74 Å². The Hall–Kier alpha value is -0.320. The van der Waals surface area contributed by atoms with Crippen LogP contribution in [0.3, 0.4) is 0 Å². The summed E-state index contributed by atoms with van der Waals surface area (Å²) in [7, 11) is 0. The second-order valence-corrected chi connectivity index (χ2v) is 7.85. The van der Waals surface area contributed by atoms with E-state index in [0.717, 1.165) is 14.7 Å². The topological polar surface area (TPSA) is 9.23 Å². The van der Waals surface area contributed by atoms with Gasteiger partial charge in [0.15, 0.2) is 0 Å². The van der Waals surface area contributed by atoms with Crippen molar-refractivity contribution in [2.24, 2.45) is 0 Å². The molecule has 0 saturated carbocycles. The Labute approximate surface area is 151 Å². The molecule has 1 unspecified atom stereocenters. The van der Waals surface area contributed by atoms with Gasteiger partial charge in [0.1, 0.15) is 5.75 Å². The van der Waals surface area contributed by atoms with Crippen molar-refractivity contribution in [3.8, 4) is 5.75 Å². The van der Waals surface area contributed by atoms with Gasteiger partial charge in [0.2, 0.25) is 0 Å². The number of benzene rings is 2. The van der Waals surface area contributed by atoms with E-state index in [2.05, 4.69) is 79.0 Å². The van der Waals surface area contributed by atoms with Crippen molar-refractivity contribution in [1.29, 1.82) is 0 Å². The molecule has 21 heavy (non-hydrogen) atoms. The first-order chi connectivity index (χ1) is 9.88. The quantitative estimate of drug-likeness (QED) is 0.441. The van der Waals surface area contributed by atoms with Crippen LogP contribution in [0, 0.1) is 6.92 Å². The smallest absolute Gasteiger partial charge is 0.120 e. The Morgan fingerprint density at radius 1 is 1.00 bits per heavy atom. The Morgan fingerprint density at radius 3 is 2.38 bits per heavy atom. The summed E-state index contributed by atoms with van der Waals surface area (Å²) in [6.45, 7) is 6.15. The van der Waals surface area contributed by atoms with Gasteiger partial charge in [-0.3, -0.25) is 0 Å². The molecule has 2 aromatic rings. The Bertz CT molecular complexity index is 638. The molecule has 0 N–H and O–H groups in total. The number of aryl methyl sites for hydroxylation is 1. The normalized spacial score (nSPS) is 12.5. The number of halogens is 3. The maximum atomic E-state index is 5.77. The minimum Gasteiger partial charge on any atom is -0.491 e. The molecule has 0 aliphatic rings. The molecule has 0 bridgehead atoms. The van der Waals surface area contributed by atoms with Crippen molar-refractivity contribution in [2.75, 3.05) is 0 Å². The summed E-state index contributed by atoms with van der Waals surface area (Å²) < 4.78 is 7.98. The molecule has 0 amide bonds. The lowest BCUT2D eigenvalue weighted by atomic mass is 10.0. The number of hydrogen-bond donors (Lipinski definition) is 0. The average Bonchev–Trinajstić information content (AvgIpc) is 2.41. The summed E-state index contributed by atoms with van der Waals surface area (Å²) in [6, 6.07) is 12.5. The van der Waals surface area contributed by atoms with Crippen LogP contribution in [-0.4, -0.2) is 6.10 Å². The van der Waals surface area contributed by atoms with E-state index in [9.17, 15) is 0 Å². The third-order valence-electron chi connectivity index (χ3n) is 3.07. The molecule has 0 aliphatic carbocycles. The monoisotopic (exact) mass is 474 g/mol. The van der Waals surface area contributed by atoms with E-state index in [1.807, 2.05) is 26.0 Å². The predicted octanol–water partition coefficient (Wildman–Crippen LogP) is 6.79. The van der Waals surface area contributed by atoms with E-state index in [1.54, 1.807) is 0 Å². The molecular formula is C17H17Br3O. The molecule has 0 spiro atoms. The van der Waals surface area contributed by atoms with Gasteiger partial charge in [0.25, 0.3) is 0 Å². The van der Waals surface area contributed by atoms with Crippen molar-refractivity contribution >= 4 is 47.8 Å². The van der Waals surface area contributed by atoms with Gasteiger partial charge in [0.05, 0.1) is 10.9 Å².